The van der Waals surface area contributed by atoms with Crippen LogP contribution in [-0.4, -0.2) is 40.8 Å². The van der Waals surface area contributed by atoms with Gasteiger partial charge >= 0.3 is 0 Å². The molecule has 0 aliphatic carbocycles. The van der Waals surface area contributed by atoms with E-state index < -0.39 is 30.4 Å². The molecule has 1 aromatic carbocycles. The van der Waals surface area contributed by atoms with E-state index in [1.165, 1.54) is 0 Å². The molecule has 0 aliphatic rings. The van der Waals surface area contributed by atoms with Gasteiger partial charge in [0, 0.05) is 11.9 Å². The maximum Gasteiger partial charge on any atom is 0.257 e. The van der Waals surface area contributed by atoms with Crippen LogP contribution < -0.4 is 0 Å². The molecule has 0 radical (unpaired) electrons. The molecule has 0 spiro atoms. The van der Waals surface area contributed by atoms with Crippen molar-refractivity contribution in [2.75, 3.05) is 18.4 Å². The number of aromatic hydroxyl groups is 1. The maximum atomic E-state index is 13.0. The van der Waals surface area contributed by atoms with Gasteiger partial charge in [0.2, 0.25) is 0 Å². The van der Waals surface area contributed by atoms with E-state index in [4.69, 9.17) is 0 Å². The van der Waals surface area contributed by atoms with Gasteiger partial charge in [-0.25, -0.2) is 13.2 Å². The minimum atomic E-state index is -2.69. The van der Waals surface area contributed by atoms with Crippen molar-refractivity contribution in [3.63, 3.8) is 0 Å². The van der Waals surface area contributed by atoms with Gasteiger partial charge in [-0.05, 0) is 18.2 Å². The van der Waals surface area contributed by atoms with Gasteiger partial charge < -0.3 is 10.0 Å². The molecule has 100 valence electrons. The van der Waals surface area contributed by atoms with Crippen LogP contribution in [0.3, 0.4) is 0 Å². The maximum absolute atomic E-state index is 13.0. The number of carbonyl (C=O) groups excluding carboxylic acids is 1. The summed E-state index contributed by atoms with van der Waals surface area (Å²) in [7, 11) is 0. The van der Waals surface area contributed by atoms with Gasteiger partial charge in [0.05, 0.1) is 12.1 Å². The second kappa shape index (κ2) is 6.63. The summed E-state index contributed by atoms with van der Waals surface area (Å²) in [5.74, 6) is -1.98. The highest BCUT2D eigenvalue weighted by Crippen LogP contribution is 2.20. The number of nitrogens with zero attached hydrogens (tertiary/aromatic N) is 1. The van der Waals surface area contributed by atoms with Gasteiger partial charge in [-0.2, -0.15) is 0 Å². The summed E-state index contributed by atoms with van der Waals surface area (Å²) in [6, 6.07) is 2.82. The third kappa shape index (κ3) is 3.90. The Morgan fingerprint density at radius 2 is 2.11 bits per heavy atom. The Balaban J connectivity index is 2.97. The van der Waals surface area contributed by atoms with Crippen molar-refractivity contribution in [1.29, 1.82) is 0 Å². The van der Waals surface area contributed by atoms with Gasteiger partial charge in [0.15, 0.2) is 0 Å². The van der Waals surface area contributed by atoms with Crippen molar-refractivity contribution >= 4 is 21.8 Å². The molecular formula is C11H11BrF3NO2. The molecule has 3 nitrogen and oxygen atoms in total. The average Bonchev–Trinajstić information content (AvgIpc) is 2.30. The SMILES string of the molecule is O=C(c1cc(F)ccc1O)N(CCBr)CC(F)F. The molecule has 0 fully saturated rings. The van der Waals surface area contributed by atoms with Crippen molar-refractivity contribution in [2.24, 2.45) is 0 Å². The normalized spacial score (nSPS) is 10.7. The molecule has 18 heavy (non-hydrogen) atoms. The van der Waals surface area contributed by atoms with E-state index in [2.05, 4.69) is 15.9 Å². The Kier molecular flexibility index (Phi) is 5.46. The Morgan fingerprint density at radius 3 is 2.67 bits per heavy atom. The summed E-state index contributed by atoms with van der Waals surface area (Å²) in [6.07, 6.45) is -2.69. The molecule has 1 amide bonds. The van der Waals surface area contributed by atoms with E-state index in [0.717, 1.165) is 23.1 Å². The summed E-state index contributed by atoms with van der Waals surface area (Å²) in [4.78, 5) is 12.7. The Hall–Kier alpha value is -1.24. The standard InChI is InChI=1S/C11H11BrF3NO2/c12-3-4-16(6-10(14)15)11(18)8-5-7(13)1-2-9(8)17/h1-2,5,10,17H,3-4,6H2. The monoisotopic (exact) mass is 325 g/mol. The van der Waals surface area contributed by atoms with Crippen LogP contribution >= 0.6 is 15.9 Å². The van der Waals surface area contributed by atoms with Crippen molar-refractivity contribution in [3.8, 4) is 5.75 Å². The number of halogens is 4. The first kappa shape index (κ1) is 14.8. The predicted molar refractivity (Wildman–Crippen MR) is 63.8 cm³/mol. The topological polar surface area (TPSA) is 40.5 Å². The summed E-state index contributed by atoms with van der Waals surface area (Å²) in [5, 5.41) is 9.75. The van der Waals surface area contributed by atoms with Gasteiger partial charge in [0.1, 0.15) is 11.6 Å². The van der Waals surface area contributed by atoms with E-state index in [1.807, 2.05) is 0 Å². The largest absolute Gasteiger partial charge is 0.507 e. The molecule has 0 unspecified atom stereocenters. The zero-order valence-corrected chi connectivity index (χ0v) is 10.8. The molecule has 0 aliphatic heterocycles. The lowest BCUT2D eigenvalue weighted by Gasteiger charge is -2.21. The Labute approximate surface area is 110 Å². The van der Waals surface area contributed by atoms with E-state index >= 15 is 0 Å². The van der Waals surface area contributed by atoms with E-state index in [9.17, 15) is 23.1 Å². The fraction of sp³-hybridized carbons (Fsp3) is 0.364. The van der Waals surface area contributed by atoms with Crippen LogP contribution in [0.5, 0.6) is 5.75 Å². The lowest BCUT2D eigenvalue weighted by atomic mass is 10.1. The third-order valence-corrected chi connectivity index (χ3v) is 2.54. The quantitative estimate of drug-likeness (QED) is 0.845. The molecule has 0 atom stereocenters. The van der Waals surface area contributed by atoms with Crippen molar-refractivity contribution in [2.45, 2.75) is 6.43 Å². The van der Waals surface area contributed by atoms with Crippen LogP contribution in [0.25, 0.3) is 0 Å². The third-order valence-electron chi connectivity index (χ3n) is 2.19. The van der Waals surface area contributed by atoms with Crippen LogP contribution in [0.1, 0.15) is 10.4 Å². The van der Waals surface area contributed by atoms with Crippen LogP contribution in [0.15, 0.2) is 18.2 Å². The van der Waals surface area contributed by atoms with Crippen molar-refractivity contribution in [3.05, 3.63) is 29.6 Å². The molecule has 7 heteroatoms. The highest BCUT2D eigenvalue weighted by molar-refractivity contribution is 9.09. The smallest absolute Gasteiger partial charge is 0.257 e. The number of benzene rings is 1. The van der Waals surface area contributed by atoms with E-state index in [0.29, 0.717) is 5.33 Å². The Bertz CT molecular complexity index is 429. The predicted octanol–water partition coefficient (Wildman–Crippen LogP) is 2.63. The second-order valence-electron chi connectivity index (χ2n) is 3.49. The fourth-order valence-corrected chi connectivity index (χ4v) is 1.82. The van der Waals surface area contributed by atoms with E-state index in [-0.39, 0.29) is 12.1 Å². The van der Waals surface area contributed by atoms with Crippen LogP contribution in [0.2, 0.25) is 0 Å². The molecule has 0 saturated heterocycles. The van der Waals surface area contributed by atoms with Crippen LogP contribution in [0.4, 0.5) is 13.2 Å². The minimum Gasteiger partial charge on any atom is -0.507 e. The average molecular weight is 326 g/mol. The highest BCUT2D eigenvalue weighted by Gasteiger charge is 2.22. The van der Waals surface area contributed by atoms with E-state index in [1.54, 1.807) is 0 Å². The minimum absolute atomic E-state index is 0.0408. The number of carbonyl (C=O) groups is 1. The number of rotatable bonds is 5. The van der Waals surface area contributed by atoms with Gasteiger partial charge in [-0.1, -0.05) is 15.9 Å². The summed E-state index contributed by atoms with van der Waals surface area (Å²) in [6.45, 7) is -0.723. The number of hydrogen-bond donors (Lipinski definition) is 1. The molecule has 1 aromatic rings. The molecule has 0 saturated carbocycles. The van der Waals surface area contributed by atoms with Gasteiger partial charge in [0.25, 0.3) is 12.3 Å². The molecular weight excluding hydrogens is 315 g/mol. The van der Waals surface area contributed by atoms with Gasteiger partial charge in [-0.3, -0.25) is 4.79 Å². The lowest BCUT2D eigenvalue weighted by molar-refractivity contribution is 0.0569. The first-order valence-electron chi connectivity index (χ1n) is 5.07. The number of alkyl halides is 3. The summed E-state index contributed by atoms with van der Waals surface area (Å²) in [5.41, 5.74) is -0.323. The number of phenols is 1. The zero-order valence-electron chi connectivity index (χ0n) is 9.25. The first-order valence-corrected chi connectivity index (χ1v) is 6.19. The lowest BCUT2D eigenvalue weighted by Crippen LogP contribution is -2.36. The van der Waals surface area contributed by atoms with Crippen molar-refractivity contribution in [1.82, 2.24) is 4.90 Å². The van der Waals surface area contributed by atoms with Gasteiger partial charge in [-0.15, -0.1) is 0 Å². The molecule has 0 heterocycles. The number of phenolic OH excluding ortho intramolecular Hbond substituents is 1. The van der Waals surface area contributed by atoms with Crippen LogP contribution in [-0.2, 0) is 0 Å². The fourth-order valence-electron chi connectivity index (χ4n) is 1.39. The molecule has 1 N–H and O–H groups in total. The zero-order chi connectivity index (χ0) is 13.7. The second-order valence-corrected chi connectivity index (χ2v) is 4.29. The number of hydrogen-bond acceptors (Lipinski definition) is 2. The summed E-state index contributed by atoms with van der Waals surface area (Å²) >= 11 is 3.04. The Morgan fingerprint density at radius 1 is 1.44 bits per heavy atom. The first-order chi connectivity index (χ1) is 8.45. The van der Waals surface area contributed by atoms with Crippen molar-refractivity contribution < 1.29 is 23.1 Å². The van der Waals surface area contributed by atoms with Crippen LogP contribution in [0, 0.1) is 5.82 Å². The highest BCUT2D eigenvalue weighted by atomic mass is 79.9. The molecule has 0 bridgehead atoms. The molecule has 1 rings (SSSR count). The number of amides is 1. The summed E-state index contributed by atoms with van der Waals surface area (Å²) < 4.78 is 37.6. The molecule has 0 aromatic heterocycles.